The molecule has 0 bridgehead atoms. The fourth-order valence-electron chi connectivity index (χ4n) is 2.71. The normalized spacial score (nSPS) is 25.9. The molecule has 1 aliphatic rings. The van der Waals surface area contributed by atoms with Crippen LogP contribution in [-0.4, -0.2) is 35.7 Å². The number of nitrogens with zero attached hydrogens (tertiary/aromatic N) is 1. The predicted octanol–water partition coefficient (Wildman–Crippen LogP) is 3.01. The van der Waals surface area contributed by atoms with Crippen LogP contribution in [0.3, 0.4) is 0 Å². The fourth-order valence-corrected chi connectivity index (χ4v) is 2.71. The van der Waals surface area contributed by atoms with Gasteiger partial charge in [0.25, 0.3) is 0 Å². The summed E-state index contributed by atoms with van der Waals surface area (Å²) < 4.78 is 5.44. The van der Waals surface area contributed by atoms with Gasteiger partial charge in [0.15, 0.2) is 0 Å². The molecule has 0 aliphatic carbocycles. The maximum Gasteiger partial charge on any atom is 0.410 e. The lowest BCUT2D eigenvalue weighted by molar-refractivity contribution is 0.0251. The SMILES string of the molecule is CC(C)(C)OC(=O)N1CCC(N)C(C(C)(C)C)CC1. The number of amides is 1. The largest absolute Gasteiger partial charge is 0.444 e. The van der Waals surface area contributed by atoms with Crippen LogP contribution in [0, 0.1) is 11.3 Å². The first-order chi connectivity index (χ1) is 8.50. The molecule has 0 aromatic rings. The standard InChI is InChI=1S/C15H30N2O2/c1-14(2,3)11-7-9-17(10-8-12(11)16)13(18)19-15(4,5)6/h11-12H,7-10,16H2,1-6H3. The predicted molar refractivity (Wildman–Crippen MR) is 78.0 cm³/mol. The van der Waals surface area contributed by atoms with Crippen LogP contribution in [0.2, 0.25) is 0 Å². The Balaban J connectivity index is 2.66. The minimum atomic E-state index is -0.436. The van der Waals surface area contributed by atoms with Gasteiger partial charge in [0.1, 0.15) is 5.60 Å². The molecule has 0 saturated carbocycles. The van der Waals surface area contributed by atoms with Gasteiger partial charge in [-0.05, 0) is 44.9 Å². The Hall–Kier alpha value is -0.770. The number of carbonyl (C=O) groups excluding carboxylic acids is 1. The summed E-state index contributed by atoms with van der Waals surface area (Å²) in [6.07, 6.45) is 1.58. The second kappa shape index (κ2) is 5.70. The summed E-state index contributed by atoms with van der Waals surface area (Å²) in [5.41, 5.74) is 6.02. The maximum atomic E-state index is 12.1. The van der Waals surface area contributed by atoms with Crippen LogP contribution in [0.4, 0.5) is 4.79 Å². The molecule has 4 nitrogen and oxygen atoms in total. The molecule has 0 spiro atoms. The molecule has 19 heavy (non-hydrogen) atoms. The molecule has 1 aliphatic heterocycles. The lowest BCUT2D eigenvalue weighted by Crippen LogP contribution is -2.38. The van der Waals surface area contributed by atoms with Crippen molar-refractivity contribution in [3.05, 3.63) is 0 Å². The van der Waals surface area contributed by atoms with E-state index in [2.05, 4.69) is 20.8 Å². The molecule has 1 saturated heterocycles. The van der Waals surface area contributed by atoms with Crippen molar-refractivity contribution < 1.29 is 9.53 Å². The number of likely N-dealkylation sites (tertiary alicyclic amines) is 1. The van der Waals surface area contributed by atoms with E-state index in [0.29, 0.717) is 12.5 Å². The summed E-state index contributed by atoms with van der Waals surface area (Å²) in [7, 11) is 0. The van der Waals surface area contributed by atoms with Crippen LogP contribution in [0.25, 0.3) is 0 Å². The second-order valence-corrected chi connectivity index (χ2v) is 7.68. The minimum absolute atomic E-state index is 0.160. The van der Waals surface area contributed by atoms with Gasteiger partial charge < -0.3 is 15.4 Å². The summed E-state index contributed by atoms with van der Waals surface area (Å²) >= 11 is 0. The molecule has 0 radical (unpaired) electrons. The van der Waals surface area contributed by atoms with Gasteiger partial charge in [-0.1, -0.05) is 20.8 Å². The van der Waals surface area contributed by atoms with Crippen molar-refractivity contribution in [1.29, 1.82) is 0 Å². The summed E-state index contributed by atoms with van der Waals surface area (Å²) in [6.45, 7) is 13.8. The van der Waals surface area contributed by atoms with E-state index in [0.717, 1.165) is 19.4 Å². The van der Waals surface area contributed by atoms with Gasteiger partial charge in [-0.15, -0.1) is 0 Å². The second-order valence-electron chi connectivity index (χ2n) is 7.68. The summed E-state index contributed by atoms with van der Waals surface area (Å²) in [6, 6.07) is 0.160. The van der Waals surface area contributed by atoms with Gasteiger partial charge in [0, 0.05) is 19.1 Å². The van der Waals surface area contributed by atoms with Crippen LogP contribution >= 0.6 is 0 Å². The highest BCUT2D eigenvalue weighted by molar-refractivity contribution is 5.68. The molecule has 0 aromatic carbocycles. The molecule has 2 unspecified atom stereocenters. The van der Waals surface area contributed by atoms with Crippen molar-refractivity contribution >= 4 is 6.09 Å². The Morgan fingerprint density at radius 1 is 1.11 bits per heavy atom. The Bertz CT molecular complexity index is 315. The fraction of sp³-hybridized carbons (Fsp3) is 0.933. The molecule has 1 heterocycles. The van der Waals surface area contributed by atoms with Crippen molar-refractivity contribution in [2.75, 3.05) is 13.1 Å². The zero-order valence-corrected chi connectivity index (χ0v) is 13.3. The molecular weight excluding hydrogens is 240 g/mol. The lowest BCUT2D eigenvalue weighted by atomic mass is 9.74. The summed E-state index contributed by atoms with van der Waals surface area (Å²) in [5.74, 6) is 0.444. The molecule has 112 valence electrons. The first-order valence-corrected chi connectivity index (χ1v) is 7.24. The van der Waals surface area contributed by atoms with E-state index in [9.17, 15) is 4.79 Å². The van der Waals surface area contributed by atoms with E-state index in [1.165, 1.54) is 0 Å². The third kappa shape index (κ3) is 5.01. The highest BCUT2D eigenvalue weighted by Gasteiger charge is 2.34. The van der Waals surface area contributed by atoms with Gasteiger partial charge in [-0.2, -0.15) is 0 Å². The van der Waals surface area contributed by atoms with Gasteiger partial charge in [-0.3, -0.25) is 0 Å². The highest BCUT2D eigenvalue weighted by atomic mass is 16.6. The van der Waals surface area contributed by atoms with E-state index in [1.54, 1.807) is 4.90 Å². The Kier molecular flexibility index (Phi) is 4.88. The Labute approximate surface area is 117 Å². The molecule has 4 heteroatoms. The molecule has 1 fully saturated rings. The first-order valence-electron chi connectivity index (χ1n) is 7.24. The van der Waals surface area contributed by atoms with Crippen LogP contribution < -0.4 is 5.73 Å². The number of carbonyl (C=O) groups is 1. The number of ether oxygens (including phenoxy) is 1. The molecule has 2 N–H and O–H groups in total. The van der Waals surface area contributed by atoms with Crippen LogP contribution in [0.5, 0.6) is 0 Å². The zero-order valence-electron chi connectivity index (χ0n) is 13.3. The van der Waals surface area contributed by atoms with Crippen LogP contribution in [0.1, 0.15) is 54.4 Å². The molecule has 0 aromatic heterocycles. The van der Waals surface area contributed by atoms with Crippen molar-refractivity contribution in [2.45, 2.75) is 66.0 Å². The number of hydrogen-bond donors (Lipinski definition) is 1. The molecule has 2 atom stereocenters. The van der Waals surface area contributed by atoms with E-state index in [1.807, 2.05) is 20.8 Å². The zero-order chi connectivity index (χ0) is 14.8. The van der Waals surface area contributed by atoms with Crippen molar-refractivity contribution in [3.8, 4) is 0 Å². The molecular formula is C15H30N2O2. The van der Waals surface area contributed by atoms with Crippen LogP contribution in [-0.2, 0) is 4.74 Å². The van der Waals surface area contributed by atoms with Crippen molar-refractivity contribution in [2.24, 2.45) is 17.1 Å². The number of nitrogens with two attached hydrogens (primary N) is 1. The van der Waals surface area contributed by atoms with Crippen LogP contribution in [0.15, 0.2) is 0 Å². The van der Waals surface area contributed by atoms with E-state index < -0.39 is 5.60 Å². The van der Waals surface area contributed by atoms with Crippen molar-refractivity contribution in [3.63, 3.8) is 0 Å². The topological polar surface area (TPSA) is 55.6 Å². The molecule has 1 rings (SSSR count). The molecule has 1 amide bonds. The van der Waals surface area contributed by atoms with Gasteiger partial charge in [-0.25, -0.2) is 4.79 Å². The van der Waals surface area contributed by atoms with E-state index in [-0.39, 0.29) is 17.6 Å². The minimum Gasteiger partial charge on any atom is -0.444 e. The Morgan fingerprint density at radius 3 is 2.11 bits per heavy atom. The smallest absolute Gasteiger partial charge is 0.410 e. The van der Waals surface area contributed by atoms with Gasteiger partial charge >= 0.3 is 6.09 Å². The van der Waals surface area contributed by atoms with Crippen molar-refractivity contribution in [1.82, 2.24) is 4.90 Å². The first kappa shape index (κ1) is 16.3. The number of hydrogen-bond acceptors (Lipinski definition) is 3. The maximum absolute atomic E-state index is 12.1. The Morgan fingerprint density at radius 2 is 1.63 bits per heavy atom. The van der Waals surface area contributed by atoms with Gasteiger partial charge in [0.2, 0.25) is 0 Å². The average molecular weight is 270 g/mol. The highest BCUT2D eigenvalue weighted by Crippen LogP contribution is 2.34. The lowest BCUT2D eigenvalue weighted by Gasteiger charge is -2.33. The summed E-state index contributed by atoms with van der Waals surface area (Å²) in [5, 5.41) is 0. The van der Waals surface area contributed by atoms with Gasteiger partial charge in [0.05, 0.1) is 0 Å². The van der Waals surface area contributed by atoms with E-state index >= 15 is 0 Å². The summed E-state index contributed by atoms with van der Waals surface area (Å²) in [4.78, 5) is 13.9. The monoisotopic (exact) mass is 270 g/mol. The van der Waals surface area contributed by atoms with E-state index in [4.69, 9.17) is 10.5 Å². The average Bonchev–Trinajstić information content (AvgIpc) is 2.36. The third-order valence-corrected chi connectivity index (χ3v) is 3.72. The third-order valence-electron chi connectivity index (χ3n) is 3.72. The quantitative estimate of drug-likeness (QED) is 0.736. The number of rotatable bonds is 0.